The highest BCUT2D eigenvalue weighted by Crippen LogP contribution is 2.47. The quantitative estimate of drug-likeness (QED) is 0.441. The minimum Gasteiger partial charge on any atom is -0.365 e. The lowest BCUT2D eigenvalue weighted by atomic mass is 10.0. The number of primary amides is 1. The third-order valence-corrected chi connectivity index (χ3v) is 5.64. The number of hydrogen-bond acceptors (Lipinski definition) is 8. The van der Waals surface area contributed by atoms with Crippen LogP contribution in [0.3, 0.4) is 0 Å². The lowest BCUT2D eigenvalue weighted by Gasteiger charge is -2.25. The zero-order valence-electron chi connectivity index (χ0n) is 16.3. The van der Waals surface area contributed by atoms with Crippen molar-refractivity contribution in [2.45, 2.75) is 37.3 Å². The molecule has 30 heavy (non-hydrogen) atoms. The molecule has 0 saturated heterocycles. The van der Waals surface area contributed by atoms with Crippen LogP contribution in [0.5, 0.6) is 0 Å². The predicted molar refractivity (Wildman–Crippen MR) is 111 cm³/mol. The van der Waals surface area contributed by atoms with Crippen LogP contribution < -0.4 is 22.1 Å². The van der Waals surface area contributed by atoms with Crippen molar-refractivity contribution in [3.8, 4) is 5.69 Å². The number of anilines is 3. The molecule has 2 fully saturated rings. The molecule has 154 valence electrons. The van der Waals surface area contributed by atoms with Gasteiger partial charge in [0.05, 0.1) is 18.1 Å². The van der Waals surface area contributed by atoms with E-state index in [0.29, 0.717) is 23.4 Å². The first-order chi connectivity index (χ1) is 14.5. The first-order valence-electron chi connectivity index (χ1n) is 9.98. The van der Waals surface area contributed by atoms with Crippen molar-refractivity contribution >= 4 is 23.4 Å². The molecule has 0 spiro atoms. The molecule has 10 heteroatoms. The number of nitrogens with zero attached hydrogens (tertiary/aromatic N) is 5. The van der Waals surface area contributed by atoms with Crippen LogP contribution in [0, 0.1) is 5.92 Å². The first kappa shape index (κ1) is 18.5. The Bertz CT molecular complexity index is 1070. The maximum atomic E-state index is 11.9. The molecule has 1 amide bonds. The van der Waals surface area contributed by atoms with Crippen molar-refractivity contribution in [2.75, 3.05) is 10.6 Å². The molecule has 0 aliphatic heterocycles. The van der Waals surface area contributed by atoms with Gasteiger partial charge in [0.25, 0.3) is 5.91 Å². The van der Waals surface area contributed by atoms with E-state index in [-0.39, 0.29) is 17.1 Å². The Hall–Kier alpha value is -3.53. The Morgan fingerprint density at radius 3 is 2.67 bits per heavy atom. The molecule has 1 atom stereocenters. The SMILES string of the molecule is NC(=O)c1cnc(N[C@H](C2CC2)C2(N)CC2)nc1Nc1cccc(-n2nccn2)c1. The van der Waals surface area contributed by atoms with Gasteiger partial charge in [-0.3, -0.25) is 4.79 Å². The van der Waals surface area contributed by atoms with Gasteiger partial charge in [0.2, 0.25) is 5.95 Å². The van der Waals surface area contributed by atoms with Gasteiger partial charge in [-0.2, -0.15) is 20.0 Å². The molecule has 2 saturated carbocycles. The topological polar surface area (TPSA) is 150 Å². The molecule has 6 N–H and O–H groups in total. The van der Waals surface area contributed by atoms with E-state index in [0.717, 1.165) is 31.4 Å². The van der Waals surface area contributed by atoms with Crippen LogP contribution in [-0.2, 0) is 0 Å². The fourth-order valence-corrected chi connectivity index (χ4v) is 3.68. The van der Waals surface area contributed by atoms with Gasteiger partial charge in [0.15, 0.2) is 0 Å². The van der Waals surface area contributed by atoms with Crippen LogP contribution in [0.2, 0.25) is 0 Å². The Kier molecular flexibility index (Phi) is 4.35. The zero-order chi connectivity index (χ0) is 20.7. The molecule has 0 radical (unpaired) electrons. The van der Waals surface area contributed by atoms with Crippen molar-refractivity contribution in [1.82, 2.24) is 25.0 Å². The standard InChI is InChI=1S/C20H23N9O/c21-17(30)15-11-23-19(27-16(12-4-5-12)20(22)6-7-20)28-18(15)26-13-2-1-3-14(10-13)29-24-8-9-25-29/h1-3,8-12,16H,4-7,22H2,(H2,21,30)(H2,23,26,27,28)/t16-/m1/s1. The molecule has 2 heterocycles. The first-order valence-corrected chi connectivity index (χ1v) is 9.98. The Morgan fingerprint density at radius 1 is 1.23 bits per heavy atom. The van der Waals surface area contributed by atoms with Gasteiger partial charge in [-0.1, -0.05) is 6.07 Å². The van der Waals surface area contributed by atoms with Crippen LogP contribution in [0.4, 0.5) is 17.5 Å². The van der Waals surface area contributed by atoms with Crippen LogP contribution in [0.25, 0.3) is 5.69 Å². The van der Waals surface area contributed by atoms with Gasteiger partial charge in [0.1, 0.15) is 11.4 Å². The number of carbonyl (C=O) groups is 1. The second-order valence-corrected chi connectivity index (χ2v) is 8.01. The number of aromatic nitrogens is 5. The number of nitrogens with two attached hydrogens (primary N) is 2. The molecule has 0 bridgehead atoms. The van der Waals surface area contributed by atoms with Gasteiger partial charge in [-0.25, -0.2) is 4.98 Å². The number of nitrogens with one attached hydrogen (secondary N) is 2. The molecule has 1 aromatic carbocycles. The second-order valence-electron chi connectivity index (χ2n) is 8.01. The van der Waals surface area contributed by atoms with Crippen LogP contribution in [-0.4, -0.2) is 42.4 Å². The number of carbonyl (C=O) groups excluding carboxylic acids is 1. The largest absolute Gasteiger partial charge is 0.365 e. The van der Waals surface area contributed by atoms with Gasteiger partial charge < -0.3 is 22.1 Å². The molecule has 5 rings (SSSR count). The molecular formula is C20H23N9O. The minimum atomic E-state index is -0.606. The maximum absolute atomic E-state index is 11.9. The molecule has 3 aromatic rings. The second kappa shape index (κ2) is 7.06. The molecule has 2 aliphatic carbocycles. The third-order valence-electron chi connectivity index (χ3n) is 5.64. The fraction of sp³-hybridized carbons (Fsp3) is 0.350. The van der Waals surface area contributed by atoms with Crippen LogP contribution >= 0.6 is 0 Å². The average Bonchev–Trinajstić information content (AvgIpc) is 3.65. The van der Waals surface area contributed by atoms with Crippen molar-refractivity contribution in [1.29, 1.82) is 0 Å². The average molecular weight is 405 g/mol. The van der Waals surface area contributed by atoms with E-state index >= 15 is 0 Å². The smallest absolute Gasteiger partial charge is 0.254 e. The van der Waals surface area contributed by atoms with Crippen LogP contribution in [0.1, 0.15) is 36.0 Å². The summed E-state index contributed by atoms with van der Waals surface area (Å²) in [4.78, 5) is 22.3. The summed E-state index contributed by atoms with van der Waals surface area (Å²) in [5, 5.41) is 14.9. The Balaban J connectivity index is 1.43. The third kappa shape index (κ3) is 3.69. The summed E-state index contributed by atoms with van der Waals surface area (Å²) >= 11 is 0. The van der Waals surface area contributed by atoms with Gasteiger partial charge in [0, 0.05) is 23.5 Å². The van der Waals surface area contributed by atoms with Crippen molar-refractivity contribution in [3.63, 3.8) is 0 Å². The normalized spacial score (nSPS) is 17.9. The van der Waals surface area contributed by atoms with E-state index in [1.807, 2.05) is 24.3 Å². The maximum Gasteiger partial charge on any atom is 0.254 e. The number of benzene rings is 1. The monoisotopic (exact) mass is 405 g/mol. The van der Waals surface area contributed by atoms with Gasteiger partial charge in [-0.05, 0) is 49.8 Å². The molecular weight excluding hydrogens is 382 g/mol. The zero-order valence-corrected chi connectivity index (χ0v) is 16.3. The van der Waals surface area contributed by atoms with Crippen LogP contribution in [0.15, 0.2) is 42.9 Å². The number of hydrogen-bond donors (Lipinski definition) is 4. The predicted octanol–water partition coefficient (Wildman–Crippen LogP) is 1.58. The summed E-state index contributed by atoms with van der Waals surface area (Å²) in [7, 11) is 0. The van der Waals surface area contributed by atoms with E-state index in [1.54, 1.807) is 12.4 Å². The number of rotatable bonds is 8. The summed E-state index contributed by atoms with van der Waals surface area (Å²) in [6, 6.07) is 7.59. The van der Waals surface area contributed by atoms with E-state index < -0.39 is 5.91 Å². The van der Waals surface area contributed by atoms with Gasteiger partial charge in [-0.15, -0.1) is 0 Å². The number of amides is 1. The van der Waals surface area contributed by atoms with E-state index in [9.17, 15) is 4.79 Å². The van der Waals surface area contributed by atoms with Crippen molar-refractivity contribution < 1.29 is 4.79 Å². The molecule has 2 aromatic heterocycles. The summed E-state index contributed by atoms with van der Waals surface area (Å²) in [6.45, 7) is 0. The fourth-order valence-electron chi connectivity index (χ4n) is 3.68. The lowest BCUT2D eigenvalue weighted by Crippen LogP contribution is -2.44. The summed E-state index contributed by atoms with van der Waals surface area (Å²) < 4.78 is 0. The molecule has 0 unspecified atom stereocenters. The highest BCUT2D eigenvalue weighted by atomic mass is 16.1. The van der Waals surface area contributed by atoms with Crippen molar-refractivity contribution in [2.24, 2.45) is 17.4 Å². The van der Waals surface area contributed by atoms with Crippen molar-refractivity contribution in [3.05, 3.63) is 48.4 Å². The Morgan fingerprint density at radius 2 is 2.00 bits per heavy atom. The highest BCUT2D eigenvalue weighted by molar-refractivity contribution is 5.98. The van der Waals surface area contributed by atoms with Gasteiger partial charge >= 0.3 is 0 Å². The molecule has 2 aliphatic rings. The summed E-state index contributed by atoms with van der Waals surface area (Å²) in [5.74, 6) is 0.708. The summed E-state index contributed by atoms with van der Waals surface area (Å²) in [5.41, 5.74) is 13.5. The van der Waals surface area contributed by atoms with E-state index in [1.165, 1.54) is 11.0 Å². The molecule has 10 nitrogen and oxygen atoms in total. The Labute approximate surface area is 173 Å². The van der Waals surface area contributed by atoms with E-state index in [4.69, 9.17) is 11.5 Å². The summed E-state index contributed by atoms with van der Waals surface area (Å²) in [6.07, 6.45) is 8.98. The lowest BCUT2D eigenvalue weighted by molar-refractivity contribution is 0.100. The van der Waals surface area contributed by atoms with E-state index in [2.05, 4.69) is 30.8 Å². The highest BCUT2D eigenvalue weighted by Gasteiger charge is 2.52. The minimum absolute atomic E-state index is 0.138.